The highest BCUT2D eigenvalue weighted by atomic mass is 32.1. The van der Waals surface area contributed by atoms with E-state index in [1.807, 2.05) is 11.3 Å². The molecule has 5 aliphatic rings. The maximum absolute atomic E-state index is 2.97. The fourth-order valence-electron chi connectivity index (χ4n) is 12.3. The summed E-state index contributed by atoms with van der Waals surface area (Å²) in [6.07, 6.45) is 4.95. The van der Waals surface area contributed by atoms with E-state index in [4.69, 9.17) is 0 Å². The van der Waals surface area contributed by atoms with Gasteiger partial charge in [0, 0.05) is 64.9 Å². The lowest BCUT2D eigenvalue weighted by Crippen LogP contribution is -2.65. The van der Waals surface area contributed by atoms with Gasteiger partial charge in [-0.2, -0.15) is 0 Å². The molecule has 2 nitrogen and oxygen atoms in total. The Balaban J connectivity index is 1.34. The molecule has 1 fully saturated rings. The molecule has 7 aromatic rings. The summed E-state index contributed by atoms with van der Waals surface area (Å²) < 4.78 is 2.71. The molecule has 0 saturated heterocycles. The Morgan fingerprint density at radius 3 is 2.23 bits per heavy atom. The number of para-hydroxylation sites is 1. The van der Waals surface area contributed by atoms with E-state index in [2.05, 4.69) is 168 Å². The lowest BCUT2D eigenvalue weighted by Gasteiger charge is -2.53. The van der Waals surface area contributed by atoms with Crippen LogP contribution in [0.3, 0.4) is 0 Å². The van der Waals surface area contributed by atoms with Crippen LogP contribution in [0, 0.1) is 6.92 Å². The molecule has 0 radical (unpaired) electrons. The SMILES string of the molecule is Cc1ccccc1N1B2c3cc(C(C)(C)C)cc4c3N(c3c2c(cc2c3-c3ccccc3C2(C)C)-c2ccc3sc5ccccc5c3c21)C1(C)CCCCC41C. The van der Waals surface area contributed by atoms with Gasteiger partial charge in [0.25, 0.3) is 0 Å². The number of hydrogen-bond acceptors (Lipinski definition) is 3. The lowest BCUT2D eigenvalue weighted by molar-refractivity contribution is 0.195. The van der Waals surface area contributed by atoms with Crippen molar-refractivity contribution in [1.82, 2.24) is 0 Å². The van der Waals surface area contributed by atoms with Gasteiger partial charge in [0.1, 0.15) is 0 Å². The van der Waals surface area contributed by atoms with Crippen LogP contribution in [0.4, 0.5) is 22.7 Å². The molecule has 2 atom stereocenters. The summed E-state index contributed by atoms with van der Waals surface area (Å²) in [5.74, 6) is 0. The number of benzene rings is 6. The molecule has 276 valence electrons. The molecule has 56 heavy (non-hydrogen) atoms. The number of thiophene rings is 1. The average Bonchev–Trinajstić information content (AvgIpc) is 3.75. The zero-order valence-electron chi connectivity index (χ0n) is 34.0. The number of fused-ring (bicyclic) bond motifs is 15. The summed E-state index contributed by atoms with van der Waals surface area (Å²) in [7, 11) is 0. The van der Waals surface area contributed by atoms with Crippen molar-refractivity contribution in [3.05, 3.63) is 131 Å². The Labute approximate surface area is 336 Å². The molecule has 0 bridgehead atoms. The Morgan fingerprint density at radius 2 is 1.41 bits per heavy atom. The monoisotopic (exact) mass is 744 g/mol. The average molecular weight is 745 g/mol. The Hall–Kier alpha value is -4.80. The molecule has 0 spiro atoms. The largest absolute Gasteiger partial charge is 0.376 e. The molecule has 4 heteroatoms. The van der Waals surface area contributed by atoms with Crippen LogP contribution in [0.2, 0.25) is 0 Å². The smallest absolute Gasteiger partial charge is 0.333 e. The first-order valence-corrected chi connectivity index (χ1v) is 21.8. The highest BCUT2D eigenvalue weighted by Crippen LogP contribution is 2.66. The summed E-state index contributed by atoms with van der Waals surface area (Å²) in [4.78, 5) is 5.79. The van der Waals surface area contributed by atoms with Crippen molar-refractivity contribution in [3.8, 4) is 22.3 Å². The minimum atomic E-state index is -0.130. The van der Waals surface area contributed by atoms with E-state index in [1.165, 1.54) is 124 Å². The summed E-state index contributed by atoms with van der Waals surface area (Å²) >= 11 is 1.94. The predicted molar refractivity (Wildman–Crippen MR) is 242 cm³/mol. The van der Waals surface area contributed by atoms with Gasteiger partial charge in [-0.15, -0.1) is 11.3 Å². The predicted octanol–water partition coefficient (Wildman–Crippen LogP) is 12.9. The number of rotatable bonds is 1. The van der Waals surface area contributed by atoms with Gasteiger partial charge in [-0.3, -0.25) is 0 Å². The third kappa shape index (κ3) is 3.81. The van der Waals surface area contributed by atoms with Crippen molar-refractivity contribution in [2.75, 3.05) is 9.71 Å². The second kappa shape index (κ2) is 10.6. The van der Waals surface area contributed by atoms with Gasteiger partial charge in [-0.25, -0.2) is 0 Å². The normalized spacial score (nSPS) is 22.2. The van der Waals surface area contributed by atoms with E-state index in [0.717, 1.165) is 0 Å². The van der Waals surface area contributed by atoms with Crippen LogP contribution in [0.5, 0.6) is 0 Å². The highest BCUT2D eigenvalue weighted by Gasteiger charge is 2.63. The molecule has 1 aromatic heterocycles. The molecule has 12 rings (SSSR count). The van der Waals surface area contributed by atoms with Crippen LogP contribution in [-0.2, 0) is 16.2 Å². The van der Waals surface area contributed by atoms with Crippen LogP contribution in [0.1, 0.15) is 102 Å². The van der Waals surface area contributed by atoms with Crippen molar-refractivity contribution < 1.29 is 0 Å². The van der Waals surface area contributed by atoms with Crippen molar-refractivity contribution in [3.63, 3.8) is 0 Å². The Bertz CT molecular complexity index is 2910. The number of aryl methyl sites for hydroxylation is 1. The summed E-state index contributed by atoms with van der Waals surface area (Å²) in [6.45, 7) is 19.8. The topological polar surface area (TPSA) is 6.48 Å². The van der Waals surface area contributed by atoms with Gasteiger partial charge in [0.05, 0.1) is 5.54 Å². The van der Waals surface area contributed by atoms with Gasteiger partial charge in [-0.05, 0) is 106 Å². The fourth-order valence-corrected chi connectivity index (χ4v) is 13.4. The minimum absolute atomic E-state index is 0.00121. The Morgan fingerprint density at radius 1 is 0.661 bits per heavy atom. The van der Waals surface area contributed by atoms with Crippen molar-refractivity contribution in [1.29, 1.82) is 0 Å². The standard InChI is InChI=1S/C52H49BN2S/c1-30-17-9-13-21-40(30)55-46-32(23-24-42-44(46)34-19-11-14-22-41(34)56-42)35-29-37-43(33-18-10-12-20-36(33)50(37,5)6)48-45(35)53(55)39-28-31(49(2,3)4)27-38-47(39)54(48)52(8)26-16-15-25-51(38,52)7/h9-14,17-24,27-29H,15-16,25-26H2,1-8H3. The number of hydrogen-bond donors (Lipinski definition) is 0. The second-order valence-electron chi connectivity index (χ2n) is 19.6. The van der Waals surface area contributed by atoms with Crippen LogP contribution in [0.25, 0.3) is 42.4 Å². The third-order valence-electron chi connectivity index (χ3n) is 15.5. The summed E-state index contributed by atoms with van der Waals surface area (Å²) in [5, 5.41) is 2.75. The zero-order valence-corrected chi connectivity index (χ0v) is 34.8. The molecule has 0 amide bonds. The quantitative estimate of drug-likeness (QED) is 0.154. The van der Waals surface area contributed by atoms with E-state index in [-0.39, 0.29) is 28.6 Å². The van der Waals surface area contributed by atoms with Crippen LogP contribution < -0.4 is 20.6 Å². The van der Waals surface area contributed by atoms with Gasteiger partial charge >= 0.3 is 6.85 Å². The lowest BCUT2D eigenvalue weighted by atomic mass is 9.42. The molecule has 4 heterocycles. The fraction of sp³-hybridized carbons (Fsp3) is 0.308. The van der Waals surface area contributed by atoms with Crippen molar-refractivity contribution in [2.24, 2.45) is 0 Å². The summed E-state index contributed by atoms with van der Waals surface area (Å²) in [6, 6.07) is 40.5. The molecule has 2 aliphatic carbocycles. The van der Waals surface area contributed by atoms with E-state index < -0.39 is 0 Å². The van der Waals surface area contributed by atoms with Crippen molar-refractivity contribution in [2.45, 2.75) is 103 Å². The molecule has 3 aliphatic heterocycles. The first-order chi connectivity index (χ1) is 26.8. The third-order valence-corrected chi connectivity index (χ3v) is 16.6. The molecule has 1 saturated carbocycles. The second-order valence-corrected chi connectivity index (χ2v) is 20.7. The minimum Gasteiger partial charge on any atom is -0.376 e. The Kier molecular flexibility index (Phi) is 6.30. The van der Waals surface area contributed by atoms with Gasteiger partial charge in [-0.1, -0.05) is 133 Å². The van der Waals surface area contributed by atoms with Gasteiger partial charge in [0.15, 0.2) is 0 Å². The molecular weight excluding hydrogens is 695 g/mol. The van der Waals surface area contributed by atoms with Crippen LogP contribution >= 0.6 is 11.3 Å². The molecular formula is C52H49BN2S. The maximum atomic E-state index is 2.97. The van der Waals surface area contributed by atoms with E-state index in [9.17, 15) is 0 Å². The van der Waals surface area contributed by atoms with Crippen molar-refractivity contribution >= 4 is 72.0 Å². The first-order valence-electron chi connectivity index (χ1n) is 20.9. The summed E-state index contributed by atoms with van der Waals surface area (Å²) in [5.41, 5.74) is 21.4. The van der Waals surface area contributed by atoms with Crippen LogP contribution in [-0.4, -0.2) is 12.4 Å². The maximum Gasteiger partial charge on any atom is 0.333 e. The number of anilines is 4. The molecule has 6 aromatic carbocycles. The zero-order chi connectivity index (χ0) is 38.3. The van der Waals surface area contributed by atoms with Crippen LogP contribution in [0.15, 0.2) is 103 Å². The first kappa shape index (κ1) is 33.4. The molecule has 0 N–H and O–H groups in total. The van der Waals surface area contributed by atoms with E-state index >= 15 is 0 Å². The van der Waals surface area contributed by atoms with E-state index in [1.54, 1.807) is 5.56 Å². The highest BCUT2D eigenvalue weighted by molar-refractivity contribution is 7.26. The van der Waals surface area contributed by atoms with Gasteiger partial charge in [0.2, 0.25) is 0 Å². The molecule has 2 unspecified atom stereocenters. The van der Waals surface area contributed by atoms with Gasteiger partial charge < -0.3 is 9.71 Å². The van der Waals surface area contributed by atoms with E-state index in [0.29, 0.717) is 0 Å². The number of nitrogens with zero attached hydrogens (tertiary/aromatic N) is 2.